The number of nitrogens with one attached hydrogen (secondary N) is 2. The second-order valence-electron chi connectivity index (χ2n) is 8.66. The van der Waals surface area contributed by atoms with Gasteiger partial charge in [-0.05, 0) is 56.0 Å². The monoisotopic (exact) mass is 572 g/mol. The van der Waals surface area contributed by atoms with Gasteiger partial charge in [0, 0.05) is 72.0 Å². The van der Waals surface area contributed by atoms with E-state index in [9.17, 15) is 4.79 Å². The fraction of sp³-hybridized carbons (Fsp3) is 0.667. The highest BCUT2D eigenvalue weighted by Gasteiger charge is 2.23. The van der Waals surface area contributed by atoms with E-state index in [2.05, 4.69) is 42.5 Å². The molecule has 0 bridgehead atoms. The van der Waals surface area contributed by atoms with Gasteiger partial charge in [-0.25, -0.2) is 0 Å². The Labute approximate surface area is 216 Å². The number of likely N-dealkylation sites (tertiary alicyclic amines) is 1. The molecular weight excluding hydrogens is 531 g/mol. The summed E-state index contributed by atoms with van der Waals surface area (Å²) in [5, 5.41) is 6.27. The van der Waals surface area contributed by atoms with E-state index in [4.69, 9.17) is 4.74 Å². The van der Waals surface area contributed by atoms with Crippen LogP contribution in [-0.2, 0) is 4.79 Å². The zero-order chi connectivity index (χ0) is 22.8. The van der Waals surface area contributed by atoms with Crippen LogP contribution in [0.3, 0.4) is 0 Å². The van der Waals surface area contributed by atoms with Crippen molar-refractivity contribution in [2.45, 2.75) is 25.7 Å². The first kappa shape index (κ1) is 27.5. The number of piperazine rings is 1. The normalized spacial score (nSPS) is 18.0. The number of guanidine groups is 1. The Kier molecular flexibility index (Phi) is 12.1. The SMILES string of the molecule is CN=C(NCCCN1CCN(c2ccc(OC)cc2)CC1)N1CCC(CC(=O)NC)CC1.I. The average molecular weight is 573 g/mol. The number of amides is 1. The molecule has 1 aromatic rings. The first-order valence-electron chi connectivity index (χ1n) is 11.9. The number of benzene rings is 1. The number of piperidine rings is 1. The maximum Gasteiger partial charge on any atom is 0.220 e. The van der Waals surface area contributed by atoms with Crippen molar-refractivity contribution in [3.63, 3.8) is 0 Å². The summed E-state index contributed by atoms with van der Waals surface area (Å²) < 4.78 is 5.26. The summed E-state index contributed by atoms with van der Waals surface area (Å²) in [4.78, 5) is 23.4. The number of hydrogen-bond donors (Lipinski definition) is 2. The summed E-state index contributed by atoms with van der Waals surface area (Å²) >= 11 is 0. The van der Waals surface area contributed by atoms with Crippen LogP contribution >= 0.6 is 24.0 Å². The number of hydrogen-bond acceptors (Lipinski definition) is 5. The molecule has 186 valence electrons. The number of nitrogens with zero attached hydrogens (tertiary/aromatic N) is 4. The maximum atomic E-state index is 11.6. The number of rotatable bonds is 8. The van der Waals surface area contributed by atoms with Crippen LogP contribution in [0.2, 0.25) is 0 Å². The Hall–Kier alpha value is -1.75. The molecule has 2 N–H and O–H groups in total. The van der Waals surface area contributed by atoms with Crippen molar-refractivity contribution >= 4 is 41.5 Å². The van der Waals surface area contributed by atoms with E-state index < -0.39 is 0 Å². The molecule has 1 aromatic carbocycles. The fourth-order valence-electron chi connectivity index (χ4n) is 4.57. The number of carbonyl (C=O) groups is 1. The molecule has 0 unspecified atom stereocenters. The third-order valence-electron chi connectivity index (χ3n) is 6.62. The van der Waals surface area contributed by atoms with E-state index in [-0.39, 0.29) is 29.9 Å². The smallest absolute Gasteiger partial charge is 0.220 e. The maximum absolute atomic E-state index is 11.6. The molecule has 2 heterocycles. The van der Waals surface area contributed by atoms with Gasteiger partial charge < -0.3 is 25.2 Å². The number of carbonyl (C=O) groups excluding carboxylic acids is 1. The van der Waals surface area contributed by atoms with Gasteiger partial charge in [0.05, 0.1) is 7.11 Å². The zero-order valence-corrected chi connectivity index (χ0v) is 22.7. The van der Waals surface area contributed by atoms with Crippen LogP contribution in [0.5, 0.6) is 5.75 Å². The molecule has 2 saturated heterocycles. The average Bonchev–Trinajstić information content (AvgIpc) is 2.85. The van der Waals surface area contributed by atoms with Crippen molar-refractivity contribution in [2.75, 3.05) is 78.5 Å². The molecule has 0 spiro atoms. The summed E-state index contributed by atoms with van der Waals surface area (Å²) in [5.41, 5.74) is 1.27. The Morgan fingerprint density at radius 2 is 1.76 bits per heavy atom. The van der Waals surface area contributed by atoms with Gasteiger partial charge in [0.25, 0.3) is 0 Å². The molecule has 3 rings (SSSR count). The number of ether oxygens (including phenoxy) is 1. The molecule has 2 fully saturated rings. The molecule has 0 radical (unpaired) electrons. The number of aliphatic imine (C=N–C) groups is 1. The number of methoxy groups -OCH3 is 1. The summed E-state index contributed by atoms with van der Waals surface area (Å²) in [6.45, 7) is 8.29. The minimum atomic E-state index is 0. The Morgan fingerprint density at radius 3 is 2.33 bits per heavy atom. The lowest BCUT2D eigenvalue weighted by molar-refractivity contribution is -0.121. The summed E-state index contributed by atoms with van der Waals surface area (Å²) in [6.07, 6.45) is 3.84. The number of anilines is 1. The van der Waals surface area contributed by atoms with Crippen LogP contribution in [0.25, 0.3) is 0 Å². The van der Waals surface area contributed by atoms with Gasteiger partial charge in [-0.3, -0.25) is 14.7 Å². The van der Waals surface area contributed by atoms with E-state index in [1.165, 1.54) is 5.69 Å². The van der Waals surface area contributed by atoms with Crippen LogP contribution in [0.1, 0.15) is 25.7 Å². The molecule has 33 heavy (non-hydrogen) atoms. The second kappa shape index (κ2) is 14.5. The topological polar surface area (TPSA) is 72.4 Å². The van der Waals surface area contributed by atoms with E-state index >= 15 is 0 Å². The Balaban J connectivity index is 0.00000385. The van der Waals surface area contributed by atoms with Gasteiger partial charge in [0.2, 0.25) is 5.91 Å². The third-order valence-corrected chi connectivity index (χ3v) is 6.62. The van der Waals surface area contributed by atoms with Gasteiger partial charge >= 0.3 is 0 Å². The van der Waals surface area contributed by atoms with Gasteiger partial charge in [-0.15, -0.1) is 24.0 Å². The molecule has 0 aromatic heterocycles. The second-order valence-corrected chi connectivity index (χ2v) is 8.66. The van der Waals surface area contributed by atoms with Gasteiger partial charge in [-0.1, -0.05) is 0 Å². The molecular formula is C24H41IN6O2. The van der Waals surface area contributed by atoms with Gasteiger partial charge in [-0.2, -0.15) is 0 Å². The van der Waals surface area contributed by atoms with Crippen LogP contribution in [0.4, 0.5) is 5.69 Å². The van der Waals surface area contributed by atoms with Crippen molar-refractivity contribution in [1.29, 1.82) is 0 Å². The van der Waals surface area contributed by atoms with Crippen molar-refractivity contribution in [3.05, 3.63) is 24.3 Å². The van der Waals surface area contributed by atoms with Crippen molar-refractivity contribution in [3.8, 4) is 5.75 Å². The molecule has 9 heteroatoms. The molecule has 2 aliphatic heterocycles. The minimum Gasteiger partial charge on any atom is -0.497 e. The van der Waals surface area contributed by atoms with Crippen LogP contribution in [0.15, 0.2) is 29.3 Å². The fourth-order valence-corrected chi connectivity index (χ4v) is 4.57. The predicted molar refractivity (Wildman–Crippen MR) is 146 cm³/mol. The lowest BCUT2D eigenvalue weighted by Gasteiger charge is -2.36. The highest BCUT2D eigenvalue weighted by molar-refractivity contribution is 14.0. The largest absolute Gasteiger partial charge is 0.497 e. The van der Waals surface area contributed by atoms with Gasteiger partial charge in [0.1, 0.15) is 5.75 Å². The summed E-state index contributed by atoms with van der Waals surface area (Å²) in [7, 11) is 5.27. The first-order valence-corrected chi connectivity index (χ1v) is 11.9. The van der Waals surface area contributed by atoms with Crippen LogP contribution in [0, 0.1) is 5.92 Å². The molecule has 1 amide bonds. The van der Waals surface area contributed by atoms with E-state index in [1.54, 1.807) is 14.2 Å². The minimum absolute atomic E-state index is 0. The Morgan fingerprint density at radius 1 is 1.09 bits per heavy atom. The van der Waals surface area contributed by atoms with Crippen molar-refractivity contribution in [2.24, 2.45) is 10.9 Å². The summed E-state index contributed by atoms with van der Waals surface area (Å²) in [5.74, 6) is 2.53. The molecule has 2 aliphatic rings. The quantitative estimate of drug-likeness (QED) is 0.216. The standard InChI is InChI=1S/C24H40N6O2.HI/c1-25-23(31)19-20-9-13-30(14-10-20)24(26-2)27-11-4-12-28-15-17-29(18-16-28)21-5-7-22(32-3)8-6-21;/h5-8,20H,4,9-19H2,1-3H3,(H,25,31)(H,26,27);1H. The van der Waals surface area contributed by atoms with E-state index in [0.29, 0.717) is 12.3 Å². The molecule has 0 atom stereocenters. The zero-order valence-electron chi connectivity index (χ0n) is 20.4. The number of halogens is 1. The highest BCUT2D eigenvalue weighted by atomic mass is 127. The molecule has 0 aliphatic carbocycles. The van der Waals surface area contributed by atoms with E-state index in [1.807, 2.05) is 19.2 Å². The van der Waals surface area contributed by atoms with Crippen molar-refractivity contribution in [1.82, 2.24) is 20.4 Å². The lowest BCUT2D eigenvalue weighted by Crippen LogP contribution is -2.48. The highest BCUT2D eigenvalue weighted by Crippen LogP contribution is 2.21. The summed E-state index contributed by atoms with van der Waals surface area (Å²) in [6, 6.07) is 8.35. The molecule has 8 nitrogen and oxygen atoms in total. The lowest BCUT2D eigenvalue weighted by atomic mass is 9.93. The third kappa shape index (κ3) is 8.51. The van der Waals surface area contributed by atoms with Crippen LogP contribution < -0.4 is 20.3 Å². The van der Waals surface area contributed by atoms with Gasteiger partial charge in [0.15, 0.2) is 5.96 Å². The molecule has 0 saturated carbocycles. The predicted octanol–water partition coefficient (Wildman–Crippen LogP) is 2.25. The first-order chi connectivity index (χ1) is 15.6. The Bertz CT molecular complexity index is 729. The van der Waals surface area contributed by atoms with E-state index in [0.717, 1.165) is 83.3 Å². The van der Waals surface area contributed by atoms with Crippen molar-refractivity contribution < 1.29 is 9.53 Å². The van der Waals surface area contributed by atoms with Crippen LogP contribution in [-0.4, -0.2) is 95.2 Å².